The fraction of sp³-hybridized carbons (Fsp3) is 0.222. The first-order chi connectivity index (χ1) is 11.6. The van der Waals surface area contributed by atoms with Crippen LogP contribution in [0.3, 0.4) is 0 Å². The molecule has 0 spiro atoms. The van der Waals surface area contributed by atoms with Gasteiger partial charge in [-0.1, -0.05) is 35.6 Å². The van der Waals surface area contributed by atoms with E-state index in [0.29, 0.717) is 17.2 Å². The molecular formula is C18H16FN3OS. The number of amides is 1. The van der Waals surface area contributed by atoms with E-state index in [1.165, 1.54) is 23.0 Å². The van der Waals surface area contributed by atoms with E-state index >= 15 is 0 Å². The third-order valence-electron chi connectivity index (χ3n) is 4.25. The van der Waals surface area contributed by atoms with Crippen LogP contribution in [0.25, 0.3) is 10.2 Å². The van der Waals surface area contributed by atoms with Crippen molar-refractivity contribution in [1.29, 1.82) is 0 Å². The molecule has 6 heteroatoms. The monoisotopic (exact) mass is 341 g/mol. The second kappa shape index (κ2) is 5.87. The van der Waals surface area contributed by atoms with E-state index in [-0.39, 0.29) is 18.3 Å². The third-order valence-corrected chi connectivity index (χ3v) is 5.38. The number of likely N-dealkylation sites (N-methyl/N-ethyl adjacent to an activating group) is 1. The van der Waals surface area contributed by atoms with Crippen LogP contribution >= 0.6 is 11.3 Å². The van der Waals surface area contributed by atoms with Crippen LogP contribution in [0, 0.1) is 5.82 Å². The Morgan fingerprint density at radius 3 is 2.96 bits per heavy atom. The van der Waals surface area contributed by atoms with Gasteiger partial charge in [0.1, 0.15) is 11.3 Å². The molecule has 0 saturated heterocycles. The number of halogens is 1. The minimum atomic E-state index is -0.330. The van der Waals surface area contributed by atoms with E-state index in [0.717, 1.165) is 16.8 Å². The second-order valence-corrected chi connectivity index (χ2v) is 6.87. The van der Waals surface area contributed by atoms with Gasteiger partial charge in [0, 0.05) is 19.3 Å². The second-order valence-electron chi connectivity index (χ2n) is 5.86. The molecule has 122 valence electrons. The maximum Gasteiger partial charge on any atom is 0.246 e. The molecule has 0 radical (unpaired) electrons. The Kier molecular flexibility index (Phi) is 3.69. The maximum atomic E-state index is 13.8. The number of carbonyl (C=O) groups is 1. The molecule has 0 aliphatic carbocycles. The van der Waals surface area contributed by atoms with Gasteiger partial charge in [-0.25, -0.2) is 9.37 Å². The summed E-state index contributed by atoms with van der Waals surface area (Å²) in [7, 11) is 1.81. The number of hydrogen-bond donors (Lipinski definition) is 0. The molecule has 4 nitrogen and oxygen atoms in total. The van der Waals surface area contributed by atoms with Crippen LogP contribution < -0.4 is 9.80 Å². The number of thiazole rings is 1. The molecular weight excluding hydrogens is 325 g/mol. The first kappa shape index (κ1) is 15.1. The fourth-order valence-electron chi connectivity index (χ4n) is 3.02. The smallest absolute Gasteiger partial charge is 0.246 e. The number of fused-ring (bicyclic) bond motifs is 2. The molecule has 0 unspecified atom stereocenters. The zero-order valence-corrected chi connectivity index (χ0v) is 14.0. The number of carbonyl (C=O) groups excluding carboxylic acids is 1. The Morgan fingerprint density at radius 1 is 1.29 bits per heavy atom. The van der Waals surface area contributed by atoms with E-state index in [1.807, 2.05) is 36.2 Å². The largest absolute Gasteiger partial charge is 0.342 e. The van der Waals surface area contributed by atoms with Gasteiger partial charge in [-0.05, 0) is 30.2 Å². The molecule has 0 saturated carbocycles. The molecule has 1 aliphatic heterocycles. The van der Waals surface area contributed by atoms with Gasteiger partial charge in [0.25, 0.3) is 0 Å². The van der Waals surface area contributed by atoms with Crippen molar-refractivity contribution < 1.29 is 9.18 Å². The van der Waals surface area contributed by atoms with Crippen molar-refractivity contribution in [2.24, 2.45) is 0 Å². The van der Waals surface area contributed by atoms with Crippen LogP contribution in [-0.4, -0.2) is 31.0 Å². The molecule has 3 aromatic rings. The molecule has 1 amide bonds. The van der Waals surface area contributed by atoms with Gasteiger partial charge in [0.15, 0.2) is 5.13 Å². The number of para-hydroxylation sites is 2. The lowest BCUT2D eigenvalue weighted by Crippen LogP contribution is -2.38. The van der Waals surface area contributed by atoms with Crippen molar-refractivity contribution in [3.8, 4) is 0 Å². The molecule has 2 aromatic carbocycles. The van der Waals surface area contributed by atoms with Crippen LogP contribution in [0.2, 0.25) is 0 Å². The van der Waals surface area contributed by atoms with Gasteiger partial charge in [0.2, 0.25) is 5.91 Å². The van der Waals surface area contributed by atoms with Gasteiger partial charge < -0.3 is 9.80 Å². The van der Waals surface area contributed by atoms with E-state index < -0.39 is 0 Å². The predicted molar refractivity (Wildman–Crippen MR) is 95.3 cm³/mol. The highest BCUT2D eigenvalue weighted by molar-refractivity contribution is 7.22. The zero-order valence-electron chi connectivity index (χ0n) is 13.2. The van der Waals surface area contributed by atoms with Gasteiger partial charge in [-0.15, -0.1) is 0 Å². The Morgan fingerprint density at radius 2 is 2.12 bits per heavy atom. The van der Waals surface area contributed by atoms with Gasteiger partial charge in [0.05, 0.1) is 11.2 Å². The maximum absolute atomic E-state index is 13.8. The summed E-state index contributed by atoms with van der Waals surface area (Å²) in [5.41, 5.74) is 2.56. The van der Waals surface area contributed by atoms with Crippen molar-refractivity contribution >= 4 is 38.3 Å². The van der Waals surface area contributed by atoms with E-state index in [1.54, 1.807) is 11.0 Å². The summed E-state index contributed by atoms with van der Waals surface area (Å²) in [6.45, 7) is 0.927. The van der Waals surface area contributed by atoms with Crippen molar-refractivity contribution in [1.82, 2.24) is 4.98 Å². The Balaban J connectivity index is 1.54. The predicted octanol–water partition coefficient (Wildman–Crippen LogP) is 3.46. The summed E-state index contributed by atoms with van der Waals surface area (Å²) in [6, 6.07) is 12.9. The highest BCUT2D eigenvalue weighted by atomic mass is 32.1. The topological polar surface area (TPSA) is 36.4 Å². The number of aromatic nitrogens is 1. The summed E-state index contributed by atoms with van der Waals surface area (Å²) in [5, 5.41) is 0.649. The number of benzene rings is 2. The van der Waals surface area contributed by atoms with E-state index in [9.17, 15) is 9.18 Å². The average Bonchev–Trinajstić information content (AvgIpc) is 3.19. The van der Waals surface area contributed by atoms with Crippen LogP contribution in [-0.2, 0) is 11.2 Å². The SMILES string of the molecule is CN(CC(=O)N1CCc2ccccc21)c1nc2c(F)cccc2s1. The number of anilines is 2. The zero-order chi connectivity index (χ0) is 16.7. The minimum Gasteiger partial charge on any atom is -0.342 e. The number of rotatable bonds is 3. The van der Waals surface area contributed by atoms with Crippen molar-refractivity contribution in [3.63, 3.8) is 0 Å². The lowest BCUT2D eigenvalue weighted by atomic mass is 10.2. The summed E-state index contributed by atoms with van der Waals surface area (Å²) < 4.78 is 14.6. The highest BCUT2D eigenvalue weighted by Crippen LogP contribution is 2.31. The lowest BCUT2D eigenvalue weighted by molar-refractivity contribution is -0.117. The van der Waals surface area contributed by atoms with Crippen LogP contribution in [0.5, 0.6) is 0 Å². The number of hydrogen-bond acceptors (Lipinski definition) is 4. The summed E-state index contributed by atoms with van der Waals surface area (Å²) in [4.78, 5) is 20.6. The summed E-state index contributed by atoms with van der Waals surface area (Å²) >= 11 is 1.39. The third kappa shape index (κ3) is 2.53. The standard InChI is InChI=1S/C18H16FN3OS/c1-21(18-20-17-13(19)6-4-8-15(17)24-18)11-16(23)22-10-9-12-5-2-3-7-14(12)22/h2-8H,9-11H2,1H3. The van der Waals surface area contributed by atoms with Gasteiger partial charge in [-0.3, -0.25) is 4.79 Å². The molecule has 24 heavy (non-hydrogen) atoms. The Hall–Kier alpha value is -2.47. The molecule has 0 N–H and O–H groups in total. The fourth-order valence-corrected chi connectivity index (χ4v) is 3.96. The molecule has 1 aliphatic rings. The molecule has 0 atom stereocenters. The highest BCUT2D eigenvalue weighted by Gasteiger charge is 2.25. The first-order valence-corrected chi connectivity index (χ1v) is 8.59. The minimum absolute atomic E-state index is 0.0298. The lowest BCUT2D eigenvalue weighted by Gasteiger charge is -2.21. The average molecular weight is 341 g/mol. The van der Waals surface area contributed by atoms with E-state index in [4.69, 9.17) is 0 Å². The van der Waals surface area contributed by atoms with E-state index in [2.05, 4.69) is 11.1 Å². The Labute approximate surface area is 143 Å². The van der Waals surface area contributed by atoms with Gasteiger partial charge in [-0.2, -0.15) is 0 Å². The van der Waals surface area contributed by atoms with Crippen molar-refractivity contribution in [2.45, 2.75) is 6.42 Å². The first-order valence-electron chi connectivity index (χ1n) is 7.78. The summed E-state index contributed by atoms with van der Waals surface area (Å²) in [6.07, 6.45) is 0.887. The van der Waals surface area contributed by atoms with Crippen LogP contribution in [0.4, 0.5) is 15.2 Å². The van der Waals surface area contributed by atoms with Crippen molar-refractivity contribution in [2.75, 3.05) is 29.9 Å². The van der Waals surface area contributed by atoms with Gasteiger partial charge >= 0.3 is 0 Å². The molecule has 1 aromatic heterocycles. The molecule has 0 fully saturated rings. The number of nitrogens with zero attached hydrogens (tertiary/aromatic N) is 3. The normalized spacial score (nSPS) is 13.3. The van der Waals surface area contributed by atoms with Crippen molar-refractivity contribution in [3.05, 3.63) is 53.8 Å². The molecule has 0 bridgehead atoms. The quantitative estimate of drug-likeness (QED) is 0.732. The Bertz CT molecular complexity index is 924. The van der Waals surface area contributed by atoms with Crippen LogP contribution in [0.15, 0.2) is 42.5 Å². The van der Waals surface area contributed by atoms with Crippen LogP contribution in [0.1, 0.15) is 5.56 Å². The molecule has 2 heterocycles. The molecule has 4 rings (SSSR count). The summed E-state index contributed by atoms with van der Waals surface area (Å²) in [5.74, 6) is -0.301.